The fourth-order valence-corrected chi connectivity index (χ4v) is 6.06. The van der Waals surface area contributed by atoms with E-state index in [2.05, 4.69) is 19.3 Å². The molecule has 0 saturated carbocycles. The molecule has 220 valence electrons. The third kappa shape index (κ3) is 5.55. The first-order valence-corrected chi connectivity index (χ1v) is 15.0. The second-order valence-electron chi connectivity index (χ2n) is 9.73. The molecule has 42 heavy (non-hydrogen) atoms. The molecule has 6 rings (SSSR count). The first-order valence-electron chi connectivity index (χ1n) is 12.7. The number of nitrogens with one attached hydrogen (secondary N) is 1. The molecule has 0 bridgehead atoms. The van der Waals surface area contributed by atoms with Gasteiger partial charge in [0.1, 0.15) is 41.6 Å². The topological polar surface area (TPSA) is 145 Å². The molecule has 0 radical (unpaired) electrons. The van der Waals surface area contributed by atoms with Crippen molar-refractivity contribution in [3.63, 3.8) is 0 Å². The van der Waals surface area contributed by atoms with Crippen LogP contribution in [0.3, 0.4) is 0 Å². The Morgan fingerprint density at radius 3 is 2.60 bits per heavy atom. The molecule has 1 amide bonds. The first kappa shape index (κ1) is 28.4. The van der Waals surface area contributed by atoms with Crippen LogP contribution in [0.2, 0.25) is 5.02 Å². The number of aliphatic hydroxyl groups excluding tert-OH is 1. The Labute approximate surface area is 242 Å². The van der Waals surface area contributed by atoms with E-state index < -0.39 is 69.4 Å². The minimum Gasteiger partial charge on any atom is -0.471 e. The summed E-state index contributed by atoms with van der Waals surface area (Å²) in [5, 5.41) is 9.94. The number of aromatic amines is 1. The summed E-state index contributed by atoms with van der Waals surface area (Å²) in [5.41, 5.74) is -0.308. The Hall–Kier alpha value is -3.69. The Morgan fingerprint density at radius 1 is 1.14 bits per heavy atom. The molecule has 0 spiro atoms. The monoisotopic (exact) mass is 620 g/mol. The smallest absolute Gasteiger partial charge is 0.296 e. The number of hydrogen-bond acceptors (Lipinski definition) is 9. The van der Waals surface area contributed by atoms with Gasteiger partial charge in [-0.25, -0.2) is 13.0 Å². The molecular weight excluding hydrogens is 598 g/mol. The van der Waals surface area contributed by atoms with Crippen molar-refractivity contribution in [2.24, 2.45) is 4.36 Å². The molecule has 15 heteroatoms. The van der Waals surface area contributed by atoms with Gasteiger partial charge in [-0.15, -0.1) is 0 Å². The predicted octanol–water partition coefficient (Wildman–Crippen LogP) is 3.67. The number of rotatable bonds is 7. The average molecular weight is 621 g/mol. The van der Waals surface area contributed by atoms with Crippen LogP contribution >= 0.6 is 11.6 Å². The molecule has 4 heterocycles. The third-order valence-electron chi connectivity index (χ3n) is 6.80. The lowest BCUT2D eigenvalue weighted by Crippen LogP contribution is -2.34. The van der Waals surface area contributed by atoms with E-state index in [9.17, 15) is 22.9 Å². The van der Waals surface area contributed by atoms with Crippen LogP contribution in [0.5, 0.6) is 11.9 Å². The van der Waals surface area contributed by atoms with E-state index in [1.165, 1.54) is 12.3 Å². The van der Waals surface area contributed by atoms with Crippen molar-refractivity contribution in [3.8, 4) is 11.9 Å². The molecule has 2 saturated heterocycles. The molecule has 2 aliphatic heterocycles. The number of aromatic nitrogens is 3. The Bertz CT molecular complexity index is 1780. The summed E-state index contributed by atoms with van der Waals surface area (Å²) in [6.07, 6.45) is -0.884. The number of hydrogen-bond donors (Lipinski definition) is 2. The van der Waals surface area contributed by atoms with Gasteiger partial charge < -0.3 is 29.0 Å². The van der Waals surface area contributed by atoms with E-state index in [1.807, 2.05) is 0 Å². The van der Waals surface area contributed by atoms with Crippen LogP contribution in [0.25, 0.3) is 11.2 Å². The van der Waals surface area contributed by atoms with E-state index in [4.69, 9.17) is 30.5 Å². The van der Waals surface area contributed by atoms with Gasteiger partial charge in [0.2, 0.25) is 5.88 Å². The van der Waals surface area contributed by atoms with Crippen LogP contribution in [0, 0.1) is 11.6 Å². The lowest BCUT2D eigenvalue weighted by atomic mass is 10.1. The van der Waals surface area contributed by atoms with Crippen LogP contribution < -0.4 is 9.47 Å². The summed E-state index contributed by atoms with van der Waals surface area (Å²) in [6.45, 7) is -0.254. The zero-order valence-electron chi connectivity index (χ0n) is 21.8. The number of nitrogens with zero attached hydrogens (tertiary/aromatic N) is 3. The highest BCUT2D eigenvalue weighted by atomic mass is 35.5. The molecule has 11 nitrogen and oxygen atoms in total. The summed E-state index contributed by atoms with van der Waals surface area (Å²) in [4.78, 5) is 24.3. The van der Waals surface area contributed by atoms with Gasteiger partial charge in [-0.3, -0.25) is 4.79 Å². The number of amides is 1. The maximum atomic E-state index is 14.9. The fourth-order valence-electron chi connectivity index (χ4n) is 4.67. The van der Waals surface area contributed by atoms with Crippen LogP contribution in [0.4, 0.5) is 8.78 Å². The highest BCUT2D eigenvalue weighted by Gasteiger charge is 2.48. The Morgan fingerprint density at radius 2 is 1.86 bits per heavy atom. The van der Waals surface area contributed by atoms with Crippen molar-refractivity contribution in [2.75, 3.05) is 19.5 Å². The Kier molecular flexibility index (Phi) is 7.57. The molecule has 2 fully saturated rings. The molecule has 2 aliphatic rings. The number of imidazole rings is 1. The number of ether oxygens (including phenoxy) is 4. The lowest BCUT2D eigenvalue weighted by Gasteiger charge is -2.15. The molecule has 2 N–H and O–H groups in total. The zero-order valence-corrected chi connectivity index (χ0v) is 23.4. The molecule has 1 unspecified atom stereocenters. The number of H-pyrrole nitrogens is 1. The van der Waals surface area contributed by atoms with Crippen LogP contribution in [-0.4, -0.2) is 74.1 Å². The molecule has 5 atom stereocenters. The van der Waals surface area contributed by atoms with E-state index in [-0.39, 0.29) is 35.8 Å². The summed E-state index contributed by atoms with van der Waals surface area (Å²) in [5.74, 6) is -3.31. The number of aliphatic hydroxyl groups is 1. The normalized spacial score (nSPS) is 23.0. The second kappa shape index (κ2) is 11.2. The van der Waals surface area contributed by atoms with Gasteiger partial charge >= 0.3 is 0 Å². The standard InChI is InChI=1S/C27H23ClF2N4O7S/c1-42(37,14-5-3-2-4-6-14)34-25(36)13-7-17(29)15(18(30)8-13)10-40-26-16(28)9-19-24(32-26)33-27(31-19)41-21-12-39-22-20(35)11-38-23(21)22/h2-9,20-23,35H,10-12H2,1H3,(H,31,32,33)/t20-,21-,22-,23-,42?/m1/s1. The number of carbonyl (C=O) groups excluding carboxylic acids is 1. The van der Waals surface area contributed by atoms with E-state index >= 15 is 0 Å². The van der Waals surface area contributed by atoms with Crippen molar-refractivity contribution >= 4 is 38.4 Å². The first-order chi connectivity index (χ1) is 20.1. The quantitative estimate of drug-likeness (QED) is 0.316. The van der Waals surface area contributed by atoms with Gasteiger partial charge in [-0.1, -0.05) is 29.8 Å². The van der Waals surface area contributed by atoms with E-state index in [0.29, 0.717) is 10.4 Å². The summed E-state index contributed by atoms with van der Waals surface area (Å²) in [7, 11) is -3.13. The van der Waals surface area contributed by atoms with Gasteiger partial charge in [0.05, 0.1) is 34.0 Å². The van der Waals surface area contributed by atoms with Crippen LogP contribution in [0.15, 0.2) is 57.8 Å². The number of benzene rings is 2. The fraction of sp³-hybridized carbons (Fsp3) is 0.296. The third-order valence-corrected chi connectivity index (χ3v) is 8.73. The minimum atomic E-state index is -3.13. The Balaban J connectivity index is 1.16. The molecule has 0 aliphatic carbocycles. The number of halogens is 3. The SMILES string of the molecule is CS(=O)(=NC(=O)c1cc(F)c(COc2nc3nc(O[C@@H]4CO[C@H]5[C@@H]4OC[C@H]5O)[nH]c3cc2Cl)c(F)c1)c1ccccc1. The van der Waals surface area contributed by atoms with Crippen LogP contribution in [0.1, 0.15) is 15.9 Å². The van der Waals surface area contributed by atoms with Gasteiger partial charge in [0.25, 0.3) is 11.9 Å². The number of carbonyl (C=O) groups is 1. The van der Waals surface area contributed by atoms with E-state index in [1.54, 1.807) is 30.3 Å². The molecular formula is C27H23ClF2N4O7S. The largest absolute Gasteiger partial charge is 0.471 e. The maximum absolute atomic E-state index is 14.9. The highest BCUT2D eigenvalue weighted by Crippen LogP contribution is 2.32. The molecule has 2 aromatic carbocycles. The second-order valence-corrected chi connectivity index (χ2v) is 12.4. The number of pyridine rings is 1. The average Bonchev–Trinajstić information content (AvgIpc) is 3.64. The molecule has 4 aromatic rings. The van der Waals surface area contributed by atoms with Crippen molar-refractivity contribution in [2.45, 2.75) is 35.9 Å². The summed E-state index contributed by atoms with van der Waals surface area (Å²) < 4.78 is 68.8. The van der Waals surface area contributed by atoms with Crippen LogP contribution in [-0.2, 0) is 25.8 Å². The van der Waals surface area contributed by atoms with Crippen molar-refractivity contribution < 1.29 is 41.8 Å². The van der Waals surface area contributed by atoms with Gasteiger partial charge in [0, 0.05) is 16.7 Å². The highest BCUT2D eigenvalue weighted by molar-refractivity contribution is 7.93. The van der Waals surface area contributed by atoms with Crippen molar-refractivity contribution in [1.82, 2.24) is 15.0 Å². The zero-order chi connectivity index (χ0) is 29.6. The van der Waals surface area contributed by atoms with Gasteiger partial charge in [-0.05, 0) is 30.3 Å². The summed E-state index contributed by atoms with van der Waals surface area (Å²) in [6, 6.07) is 11.3. The predicted molar refractivity (Wildman–Crippen MR) is 145 cm³/mol. The van der Waals surface area contributed by atoms with Gasteiger partial charge in [-0.2, -0.15) is 14.3 Å². The van der Waals surface area contributed by atoms with Crippen molar-refractivity contribution in [3.05, 3.63) is 76.3 Å². The summed E-state index contributed by atoms with van der Waals surface area (Å²) >= 11 is 6.28. The van der Waals surface area contributed by atoms with Crippen molar-refractivity contribution in [1.29, 1.82) is 0 Å². The number of fused-ring (bicyclic) bond motifs is 2. The van der Waals surface area contributed by atoms with Gasteiger partial charge in [0.15, 0.2) is 11.8 Å². The van der Waals surface area contributed by atoms with E-state index in [0.717, 1.165) is 12.1 Å². The lowest BCUT2D eigenvalue weighted by molar-refractivity contribution is 0.00706. The maximum Gasteiger partial charge on any atom is 0.296 e. The molecule has 2 aromatic heterocycles. The minimum absolute atomic E-state index is 0.0363.